The largest absolute Gasteiger partial charge is 0.444 e. The number of aliphatic hydroxyl groups is 1. The van der Waals surface area contributed by atoms with Gasteiger partial charge in [-0.15, -0.1) is 0 Å². The predicted octanol–water partition coefficient (Wildman–Crippen LogP) is 1.99. The highest BCUT2D eigenvalue weighted by atomic mass is 16.6. The van der Waals surface area contributed by atoms with Crippen LogP contribution in [-0.4, -0.2) is 59.6 Å². The predicted molar refractivity (Wildman–Crippen MR) is 86.1 cm³/mol. The van der Waals surface area contributed by atoms with E-state index < -0.39 is 23.4 Å². The monoisotopic (exact) mass is 330 g/mol. The van der Waals surface area contributed by atoms with Crippen LogP contribution in [0.25, 0.3) is 0 Å². The minimum atomic E-state index is -0.557. The van der Waals surface area contributed by atoms with Gasteiger partial charge in [-0.3, -0.25) is 0 Å². The molecule has 2 amide bonds. The van der Waals surface area contributed by atoms with Gasteiger partial charge in [0.2, 0.25) is 0 Å². The second-order valence-corrected chi connectivity index (χ2v) is 7.97. The molecular weight excluding hydrogens is 300 g/mol. The Hall–Kier alpha value is -1.50. The number of aliphatic hydroxyl groups excluding tert-OH is 1. The highest BCUT2D eigenvalue weighted by Crippen LogP contribution is 2.24. The van der Waals surface area contributed by atoms with Crippen molar-refractivity contribution in [1.29, 1.82) is 0 Å². The van der Waals surface area contributed by atoms with Crippen LogP contribution in [0.1, 0.15) is 41.5 Å². The van der Waals surface area contributed by atoms with Gasteiger partial charge in [0.15, 0.2) is 0 Å². The maximum absolute atomic E-state index is 12.1. The van der Waals surface area contributed by atoms with Gasteiger partial charge >= 0.3 is 12.2 Å². The number of hydrogen-bond acceptors (Lipinski definition) is 5. The van der Waals surface area contributed by atoms with Gasteiger partial charge in [0.25, 0.3) is 0 Å². The maximum atomic E-state index is 12.1. The molecule has 0 aromatic carbocycles. The van der Waals surface area contributed by atoms with E-state index in [0.29, 0.717) is 19.6 Å². The summed E-state index contributed by atoms with van der Waals surface area (Å²) in [5.41, 5.74) is -1.11. The van der Waals surface area contributed by atoms with Gasteiger partial charge in [0.1, 0.15) is 11.2 Å². The summed E-state index contributed by atoms with van der Waals surface area (Å²) in [6.45, 7) is 12.0. The number of carbonyl (C=O) groups is 2. The first kappa shape index (κ1) is 19.5. The van der Waals surface area contributed by atoms with Crippen LogP contribution in [0.2, 0.25) is 0 Å². The van der Waals surface area contributed by atoms with E-state index in [1.165, 1.54) is 0 Å². The Morgan fingerprint density at radius 3 is 2.04 bits per heavy atom. The summed E-state index contributed by atoms with van der Waals surface area (Å²) in [6.07, 6.45) is -0.888. The first-order valence-corrected chi connectivity index (χ1v) is 7.97. The first-order chi connectivity index (χ1) is 10.4. The second kappa shape index (κ2) is 7.38. The molecule has 0 spiro atoms. The van der Waals surface area contributed by atoms with Crippen LogP contribution in [0.4, 0.5) is 9.59 Å². The average Bonchev–Trinajstić information content (AvgIpc) is 2.75. The summed E-state index contributed by atoms with van der Waals surface area (Å²) >= 11 is 0. The lowest BCUT2D eigenvalue weighted by Crippen LogP contribution is -2.38. The van der Waals surface area contributed by atoms with Crippen LogP contribution in [0, 0.1) is 11.8 Å². The van der Waals surface area contributed by atoms with Crippen LogP contribution < -0.4 is 5.32 Å². The molecule has 1 aliphatic heterocycles. The topological polar surface area (TPSA) is 88.1 Å². The molecule has 0 saturated carbocycles. The van der Waals surface area contributed by atoms with Crippen molar-refractivity contribution >= 4 is 12.2 Å². The fourth-order valence-corrected chi connectivity index (χ4v) is 2.38. The number of likely N-dealkylation sites (tertiary alicyclic amines) is 1. The number of alkyl carbamates (subject to hydrolysis) is 1. The van der Waals surface area contributed by atoms with Crippen molar-refractivity contribution in [2.24, 2.45) is 11.8 Å². The average molecular weight is 330 g/mol. The highest BCUT2D eigenvalue weighted by molar-refractivity contribution is 5.69. The molecule has 2 atom stereocenters. The quantitative estimate of drug-likeness (QED) is 0.826. The fraction of sp³-hybridized carbons (Fsp3) is 0.875. The Kier molecular flexibility index (Phi) is 6.27. The lowest BCUT2D eigenvalue weighted by Gasteiger charge is -2.24. The smallest absolute Gasteiger partial charge is 0.410 e. The minimum absolute atomic E-state index is 0.0277. The van der Waals surface area contributed by atoms with Crippen LogP contribution in [0.15, 0.2) is 0 Å². The molecule has 0 aromatic heterocycles. The first-order valence-electron chi connectivity index (χ1n) is 7.97. The maximum Gasteiger partial charge on any atom is 0.410 e. The third-order valence-electron chi connectivity index (χ3n) is 3.37. The Bertz CT molecular complexity index is 425. The van der Waals surface area contributed by atoms with E-state index in [4.69, 9.17) is 9.47 Å². The number of hydrogen-bond donors (Lipinski definition) is 2. The fourth-order valence-electron chi connectivity index (χ4n) is 2.38. The van der Waals surface area contributed by atoms with Crippen molar-refractivity contribution < 1.29 is 24.2 Å². The van der Waals surface area contributed by atoms with E-state index in [1.54, 1.807) is 25.7 Å². The number of nitrogens with one attached hydrogen (secondary N) is 1. The lowest BCUT2D eigenvalue weighted by molar-refractivity contribution is 0.0281. The molecule has 1 heterocycles. The molecule has 0 radical (unpaired) electrons. The van der Waals surface area contributed by atoms with Gasteiger partial charge in [-0.1, -0.05) is 0 Å². The van der Waals surface area contributed by atoms with Crippen molar-refractivity contribution in [3.8, 4) is 0 Å². The van der Waals surface area contributed by atoms with Crippen molar-refractivity contribution in [1.82, 2.24) is 10.2 Å². The van der Waals surface area contributed by atoms with Crippen LogP contribution in [-0.2, 0) is 9.47 Å². The van der Waals surface area contributed by atoms with Gasteiger partial charge in [-0.2, -0.15) is 0 Å². The van der Waals surface area contributed by atoms with E-state index in [9.17, 15) is 14.7 Å². The zero-order valence-corrected chi connectivity index (χ0v) is 15.0. The molecule has 2 N–H and O–H groups in total. The molecular formula is C16H30N2O5. The number of rotatable bonds is 3. The molecule has 23 heavy (non-hydrogen) atoms. The Labute approximate surface area is 138 Å². The number of ether oxygens (including phenoxy) is 2. The van der Waals surface area contributed by atoms with E-state index >= 15 is 0 Å². The van der Waals surface area contributed by atoms with Gasteiger partial charge in [-0.05, 0) is 41.5 Å². The minimum Gasteiger partial charge on any atom is -0.444 e. The molecule has 1 fully saturated rings. The lowest BCUT2D eigenvalue weighted by atomic mass is 9.97. The van der Waals surface area contributed by atoms with Crippen LogP contribution in [0.5, 0.6) is 0 Å². The third-order valence-corrected chi connectivity index (χ3v) is 3.37. The van der Waals surface area contributed by atoms with Crippen molar-refractivity contribution in [3.63, 3.8) is 0 Å². The molecule has 2 unspecified atom stereocenters. The molecule has 7 heteroatoms. The van der Waals surface area contributed by atoms with Crippen LogP contribution in [0.3, 0.4) is 0 Å². The molecule has 1 saturated heterocycles. The molecule has 0 aliphatic carbocycles. The van der Waals surface area contributed by atoms with E-state index in [0.717, 1.165) is 0 Å². The third kappa shape index (κ3) is 7.07. The van der Waals surface area contributed by atoms with Gasteiger partial charge in [0, 0.05) is 38.1 Å². The van der Waals surface area contributed by atoms with Crippen molar-refractivity contribution in [3.05, 3.63) is 0 Å². The highest BCUT2D eigenvalue weighted by Gasteiger charge is 2.37. The summed E-state index contributed by atoms with van der Waals surface area (Å²) in [7, 11) is 0. The number of nitrogens with zero attached hydrogens (tertiary/aromatic N) is 1. The van der Waals surface area contributed by atoms with Crippen molar-refractivity contribution in [2.45, 2.75) is 52.7 Å². The van der Waals surface area contributed by atoms with E-state index in [2.05, 4.69) is 5.32 Å². The zero-order valence-electron chi connectivity index (χ0n) is 15.0. The van der Waals surface area contributed by atoms with Gasteiger partial charge in [-0.25, -0.2) is 9.59 Å². The summed E-state index contributed by atoms with van der Waals surface area (Å²) in [5, 5.41) is 12.2. The van der Waals surface area contributed by atoms with Crippen molar-refractivity contribution in [2.75, 3.05) is 26.2 Å². The number of carbonyl (C=O) groups excluding carboxylic acids is 2. The SMILES string of the molecule is CC(C)(C)OC(=O)NCC1CN(C(=O)OC(C)(C)C)CC1CO. The van der Waals surface area contributed by atoms with Crippen LogP contribution >= 0.6 is 0 Å². The summed E-state index contributed by atoms with van der Waals surface area (Å²) in [4.78, 5) is 25.4. The summed E-state index contributed by atoms with van der Waals surface area (Å²) in [6, 6.07) is 0. The summed E-state index contributed by atoms with van der Waals surface area (Å²) in [5.74, 6) is -0.113. The second-order valence-electron chi connectivity index (χ2n) is 7.97. The van der Waals surface area contributed by atoms with Gasteiger partial charge < -0.3 is 24.8 Å². The molecule has 1 aliphatic rings. The molecule has 0 bridgehead atoms. The normalized spacial score (nSPS) is 22.0. The molecule has 134 valence electrons. The Balaban J connectivity index is 2.53. The molecule has 1 rings (SSSR count). The molecule has 0 aromatic rings. The van der Waals surface area contributed by atoms with E-state index in [1.807, 2.05) is 20.8 Å². The van der Waals surface area contributed by atoms with E-state index in [-0.39, 0.29) is 18.4 Å². The summed E-state index contributed by atoms with van der Waals surface area (Å²) < 4.78 is 10.5. The number of amides is 2. The zero-order chi connectivity index (χ0) is 17.8. The Morgan fingerprint density at radius 2 is 1.57 bits per heavy atom. The van der Waals surface area contributed by atoms with Gasteiger partial charge in [0.05, 0.1) is 0 Å². The molecule has 7 nitrogen and oxygen atoms in total. The standard InChI is InChI=1S/C16H30N2O5/c1-15(2,3)22-13(20)17-7-11-8-18(9-12(11)10-19)14(21)23-16(4,5)6/h11-12,19H,7-10H2,1-6H3,(H,17,20). The Morgan fingerprint density at radius 1 is 1.04 bits per heavy atom.